The van der Waals surface area contributed by atoms with E-state index in [0.717, 1.165) is 17.5 Å². The van der Waals surface area contributed by atoms with E-state index in [0.29, 0.717) is 11.5 Å². The molecule has 0 heterocycles. The predicted molar refractivity (Wildman–Crippen MR) is 145 cm³/mol. The Labute approximate surface area is 232 Å². The zero-order valence-electron chi connectivity index (χ0n) is 23.0. The second-order valence-electron chi connectivity index (χ2n) is 12.1. The molecule has 0 saturated heterocycles. The number of nitrogens with zero attached hydrogens (tertiary/aromatic N) is 1. The van der Waals surface area contributed by atoms with Crippen molar-refractivity contribution in [3.8, 4) is 16.9 Å². The van der Waals surface area contributed by atoms with E-state index in [1.54, 1.807) is 20.2 Å². The number of carbonyl (C=O) groups is 5. The standard InChI is InChI=1S/C31H34N2O7/c1-14(2)11-15-5-7-16(8-6-15)18-9-10-21(34)23-19(18)12-17-13-20-25(33(3)4)27(36)24(30(32)39)29(38)31(20,40)28(37)22(17)26(23)35/h5-10,14,17,20,22,24-25,34,40H,11-13H2,1-4H3,(H2,32,39)/t17-,20-,22?,24?,25-,31-/m0/s1. The average molecular weight is 547 g/mol. The van der Waals surface area contributed by atoms with Crippen LogP contribution in [0.2, 0.25) is 0 Å². The van der Waals surface area contributed by atoms with Crippen LogP contribution in [-0.2, 0) is 32.0 Å². The van der Waals surface area contributed by atoms with Crippen LogP contribution in [0, 0.1) is 29.6 Å². The van der Waals surface area contributed by atoms with Gasteiger partial charge < -0.3 is 15.9 Å². The molecule has 9 heteroatoms. The van der Waals surface area contributed by atoms with Crippen LogP contribution in [0.15, 0.2) is 36.4 Å². The van der Waals surface area contributed by atoms with Crippen molar-refractivity contribution in [1.29, 1.82) is 0 Å². The highest BCUT2D eigenvalue weighted by Gasteiger charge is 2.69. The lowest BCUT2D eigenvalue weighted by Gasteiger charge is -2.52. The quantitative estimate of drug-likeness (QED) is 0.479. The summed E-state index contributed by atoms with van der Waals surface area (Å²) in [4.78, 5) is 68.0. The van der Waals surface area contributed by atoms with Gasteiger partial charge in [-0.2, -0.15) is 0 Å². The predicted octanol–water partition coefficient (Wildman–Crippen LogP) is 1.73. The molecule has 2 aromatic rings. The minimum absolute atomic E-state index is 0.00430. The Kier molecular flexibility index (Phi) is 6.79. The third-order valence-electron chi connectivity index (χ3n) is 8.85. The van der Waals surface area contributed by atoms with Crippen molar-refractivity contribution in [2.45, 2.75) is 44.8 Å². The fourth-order valence-electron chi connectivity index (χ4n) is 7.17. The smallest absolute Gasteiger partial charge is 0.235 e. The Hall–Kier alpha value is -3.69. The molecular formula is C31H34N2O7. The summed E-state index contributed by atoms with van der Waals surface area (Å²) in [6.45, 7) is 4.28. The van der Waals surface area contributed by atoms with Gasteiger partial charge in [0.2, 0.25) is 5.91 Å². The topological polar surface area (TPSA) is 155 Å². The third-order valence-corrected chi connectivity index (χ3v) is 8.85. The van der Waals surface area contributed by atoms with Crippen molar-refractivity contribution in [3.05, 3.63) is 53.1 Å². The van der Waals surface area contributed by atoms with Gasteiger partial charge in [-0.05, 0) is 73.5 Å². The molecule has 2 aromatic carbocycles. The molecule has 0 aliphatic heterocycles. The van der Waals surface area contributed by atoms with Crippen molar-refractivity contribution in [3.63, 3.8) is 0 Å². The lowest BCUT2D eigenvalue weighted by Crippen LogP contribution is -2.74. The number of carbonyl (C=O) groups excluding carboxylic acids is 5. The Morgan fingerprint density at radius 1 is 1.05 bits per heavy atom. The van der Waals surface area contributed by atoms with E-state index in [9.17, 15) is 34.2 Å². The number of nitrogens with two attached hydrogens (primary N) is 1. The van der Waals surface area contributed by atoms with E-state index in [1.165, 1.54) is 16.5 Å². The van der Waals surface area contributed by atoms with E-state index in [1.807, 2.05) is 24.3 Å². The Morgan fingerprint density at radius 2 is 1.70 bits per heavy atom. The van der Waals surface area contributed by atoms with Crippen LogP contribution in [0.4, 0.5) is 0 Å². The van der Waals surface area contributed by atoms with Gasteiger partial charge in [0.25, 0.3) is 0 Å². The van der Waals surface area contributed by atoms with E-state index >= 15 is 0 Å². The molecule has 1 amide bonds. The summed E-state index contributed by atoms with van der Waals surface area (Å²) < 4.78 is 0. The van der Waals surface area contributed by atoms with Crippen LogP contribution in [-0.4, -0.2) is 69.9 Å². The molecule has 210 valence electrons. The van der Waals surface area contributed by atoms with Gasteiger partial charge in [-0.15, -0.1) is 0 Å². The molecule has 4 N–H and O–H groups in total. The summed E-state index contributed by atoms with van der Waals surface area (Å²) in [5, 5.41) is 22.4. The number of amides is 1. The average Bonchev–Trinajstić information content (AvgIpc) is 2.86. The number of benzene rings is 2. The number of fused-ring (bicyclic) bond motifs is 3. The van der Waals surface area contributed by atoms with Gasteiger partial charge in [0, 0.05) is 5.92 Å². The molecule has 3 aliphatic carbocycles. The molecule has 2 saturated carbocycles. The van der Waals surface area contributed by atoms with Crippen LogP contribution in [0.5, 0.6) is 5.75 Å². The second-order valence-corrected chi connectivity index (χ2v) is 12.1. The molecule has 2 fully saturated rings. The van der Waals surface area contributed by atoms with Crippen LogP contribution in [0.25, 0.3) is 11.1 Å². The number of hydrogen-bond acceptors (Lipinski definition) is 8. The zero-order chi connectivity index (χ0) is 29.3. The number of hydrogen-bond donors (Lipinski definition) is 3. The first-order valence-corrected chi connectivity index (χ1v) is 13.6. The number of phenolic OH excluding ortho intramolecular Hbond substituents is 1. The molecule has 40 heavy (non-hydrogen) atoms. The minimum Gasteiger partial charge on any atom is -0.507 e. The maximum absolute atomic E-state index is 13.9. The summed E-state index contributed by atoms with van der Waals surface area (Å²) in [5.41, 5.74) is 6.00. The van der Waals surface area contributed by atoms with Crippen molar-refractivity contribution >= 4 is 29.0 Å². The van der Waals surface area contributed by atoms with Crippen molar-refractivity contribution in [2.75, 3.05) is 14.1 Å². The van der Waals surface area contributed by atoms with Crippen LogP contribution >= 0.6 is 0 Å². The van der Waals surface area contributed by atoms with Gasteiger partial charge >= 0.3 is 0 Å². The third kappa shape index (κ3) is 4.02. The lowest BCUT2D eigenvalue weighted by atomic mass is 9.52. The number of Topliss-reactive ketones (excluding diaryl/α,β-unsaturated/α-hetero) is 4. The van der Waals surface area contributed by atoms with Gasteiger partial charge in [0.05, 0.1) is 17.5 Å². The van der Waals surface area contributed by atoms with E-state index in [2.05, 4.69) is 13.8 Å². The maximum Gasteiger partial charge on any atom is 0.235 e. The lowest BCUT2D eigenvalue weighted by molar-refractivity contribution is -0.181. The van der Waals surface area contributed by atoms with E-state index < -0.39 is 64.4 Å². The molecule has 6 atom stereocenters. The summed E-state index contributed by atoms with van der Waals surface area (Å²) in [7, 11) is 3.13. The zero-order valence-corrected chi connectivity index (χ0v) is 23.0. The Balaban J connectivity index is 1.60. The van der Waals surface area contributed by atoms with Crippen molar-refractivity contribution in [1.82, 2.24) is 4.90 Å². The fraction of sp³-hybridized carbons (Fsp3) is 0.452. The number of likely N-dealkylation sites (N-methyl/N-ethyl adjacent to an activating group) is 1. The molecule has 0 bridgehead atoms. The summed E-state index contributed by atoms with van der Waals surface area (Å²) in [6.07, 6.45) is 1.17. The molecular weight excluding hydrogens is 512 g/mol. The van der Waals surface area contributed by atoms with Gasteiger partial charge in [-0.3, -0.25) is 28.9 Å². The maximum atomic E-state index is 13.9. The van der Waals surface area contributed by atoms with Gasteiger partial charge in [-0.1, -0.05) is 44.2 Å². The van der Waals surface area contributed by atoms with Crippen LogP contribution in [0.3, 0.4) is 0 Å². The fourth-order valence-corrected chi connectivity index (χ4v) is 7.17. The number of phenols is 1. The van der Waals surface area contributed by atoms with Gasteiger partial charge in [0.15, 0.2) is 34.7 Å². The molecule has 2 unspecified atom stereocenters. The van der Waals surface area contributed by atoms with E-state index in [-0.39, 0.29) is 24.2 Å². The highest BCUT2D eigenvalue weighted by Crippen LogP contribution is 2.51. The monoisotopic (exact) mass is 546 g/mol. The Morgan fingerprint density at radius 3 is 2.27 bits per heavy atom. The number of aliphatic hydroxyl groups is 1. The second kappa shape index (κ2) is 9.74. The number of rotatable bonds is 5. The SMILES string of the molecule is CC(C)Cc1ccc(-c2ccc(O)c3c2C[C@H]2C[C@H]4[C@H](N(C)C)C(=O)C(C(N)=O)C(=O)[C@@]4(O)C(=O)C2C3=O)cc1. The molecule has 0 aromatic heterocycles. The van der Waals surface area contributed by atoms with Crippen molar-refractivity contribution < 1.29 is 34.2 Å². The Bertz CT molecular complexity index is 1440. The molecule has 0 radical (unpaired) electrons. The first-order valence-electron chi connectivity index (χ1n) is 13.6. The first kappa shape index (κ1) is 27.9. The van der Waals surface area contributed by atoms with Crippen LogP contribution < -0.4 is 5.73 Å². The molecule has 5 rings (SSSR count). The van der Waals surface area contributed by atoms with E-state index in [4.69, 9.17) is 5.73 Å². The normalized spacial score (nSPS) is 29.8. The van der Waals surface area contributed by atoms with Crippen LogP contribution in [0.1, 0.15) is 41.8 Å². The largest absolute Gasteiger partial charge is 0.507 e. The molecule has 9 nitrogen and oxygen atoms in total. The van der Waals surface area contributed by atoms with Gasteiger partial charge in [-0.25, -0.2) is 0 Å². The summed E-state index contributed by atoms with van der Waals surface area (Å²) in [6, 6.07) is 10.0. The number of aromatic hydroxyl groups is 1. The number of ketones is 4. The summed E-state index contributed by atoms with van der Waals surface area (Å²) in [5.74, 6) is -9.95. The van der Waals surface area contributed by atoms with Gasteiger partial charge in [0.1, 0.15) is 5.75 Å². The highest BCUT2D eigenvalue weighted by atomic mass is 16.3. The first-order chi connectivity index (χ1) is 18.8. The number of primary amides is 1. The molecule has 0 spiro atoms. The summed E-state index contributed by atoms with van der Waals surface area (Å²) >= 11 is 0. The van der Waals surface area contributed by atoms with Crippen molar-refractivity contribution in [2.24, 2.45) is 35.3 Å². The highest BCUT2D eigenvalue weighted by molar-refractivity contribution is 6.32. The molecule has 3 aliphatic rings. The minimum atomic E-state index is -2.73.